The van der Waals surface area contributed by atoms with Gasteiger partial charge < -0.3 is 20.7 Å². The highest BCUT2D eigenvalue weighted by Gasteiger charge is 2.21. The summed E-state index contributed by atoms with van der Waals surface area (Å²) < 4.78 is 23.7. The van der Waals surface area contributed by atoms with E-state index in [0.29, 0.717) is 11.4 Å². The minimum Gasteiger partial charge on any atom is -0.480 e. The van der Waals surface area contributed by atoms with Crippen LogP contribution in [0, 0.1) is 0 Å². The van der Waals surface area contributed by atoms with Gasteiger partial charge in [-0.1, -0.05) is 5.21 Å². The van der Waals surface area contributed by atoms with Gasteiger partial charge in [0, 0.05) is 23.9 Å². The first-order chi connectivity index (χ1) is 15.6. The van der Waals surface area contributed by atoms with Crippen LogP contribution in [-0.4, -0.2) is 62.3 Å². The molecule has 3 rings (SSSR count). The molecular formula is C18H20N8O6S. The molecule has 0 spiro atoms. The highest BCUT2D eigenvalue weighted by molar-refractivity contribution is 7.89. The minimum absolute atomic E-state index is 0.00499. The molecule has 1 atom stereocenters. The number of H-pyrrole nitrogens is 1. The molecule has 2 amide bonds. The molecule has 0 saturated carbocycles. The molecule has 6 N–H and O–H groups in total. The lowest BCUT2D eigenvalue weighted by Crippen LogP contribution is -2.43. The predicted octanol–water partition coefficient (Wildman–Crippen LogP) is -1.61. The summed E-state index contributed by atoms with van der Waals surface area (Å²) in [5.74, 6) is -2.26. The molecule has 0 aliphatic rings. The zero-order valence-corrected chi connectivity index (χ0v) is 17.8. The van der Waals surface area contributed by atoms with Gasteiger partial charge in [-0.05, 0) is 24.3 Å². The number of carboxylic acid groups (broad SMARTS) is 1. The molecule has 15 heteroatoms. The van der Waals surface area contributed by atoms with E-state index in [1.807, 2.05) is 0 Å². The number of hydrogen-bond acceptors (Lipinski definition) is 8. The summed E-state index contributed by atoms with van der Waals surface area (Å²) in [5.41, 5.74) is 1.12. The van der Waals surface area contributed by atoms with Gasteiger partial charge in [0.15, 0.2) is 0 Å². The molecule has 3 aromatic rings. The van der Waals surface area contributed by atoms with Crippen molar-refractivity contribution in [3.8, 4) is 0 Å². The number of aromatic nitrogens is 5. The van der Waals surface area contributed by atoms with E-state index >= 15 is 0 Å². The highest BCUT2D eigenvalue weighted by Crippen LogP contribution is 2.09. The molecule has 2 heterocycles. The van der Waals surface area contributed by atoms with Crippen LogP contribution in [0.2, 0.25) is 0 Å². The van der Waals surface area contributed by atoms with E-state index in [1.165, 1.54) is 47.7 Å². The number of imidazole rings is 1. The van der Waals surface area contributed by atoms with E-state index in [-0.39, 0.29) is 30.0 Å². The van der Waals surface area contributed by atoms with E-state index in [4.69, 9.17) is 5.14 Å². The molecule has 0 aliphatic carbocycles. The third kappa shape index (κ3) is 6.68. The number of aromatic amines is 1. The second-order valence-corrected chi connectivity index (χ2v) is 8.46. The molecular weight excluding hydrogens is 456 g/mol. The lowest BCUT2D eigenvalue weighted by atomic mass is 10.1. The summed E-state index contributed by atoms with van der Waals surface area (Å²) >= 11 is 0. The van der Waals surface area contributed by atoms with Crippen LogP contribution in [-0.2, 0) is 39.1 Å². The third-order valence-electron chi connectivity index (χ3n) is 4.38. The first-order valence-electron chi connectivity index (χ1n) is 9.41. The molecule has 2 aromatic heterocycles. The number of primary sulfonamides is 1. The summed E-state index contributed by atoms with van der Waals surface area (Å²) in [4.78, 5) is 42.3. The number of benzene rings is 1. The number of amides is 2. The van der Waals surface area contributed by atoms with E-state index in [0.717, 1.165) is 0 Å². The van der Waals surface area contributed by atoms with Gasteiger partial charge in [-0.3, -0.25) is 9.59 Å². The summed E-state index contributed by atoms with van der Waals surface area (Å²) in [7, 11) is -3.86. The molecule has 1 aromatic carbocycles. The Morgan fingerprint density at radius 3 is 2.55 bits per heavy atom. The predicted molar refractivity (Wildman–Crippen MR) is 111 cm³/mol. The number of carbonyl (C=O) groups is 3. The number of nitrogens with zero attached hydrogens (tertiary/aromatic N) is 4. The lowest BCUT2D eigenvalue weighted by Gasteiger charge is -2.13. The van der Waals surface area contributed by atoms with Crippen LogP contribution >= 0.6 is 0 Å². The molecule has 0 fully saturated rings. The number of carbonyl (C=O) groups excluding carboxylic acids is 2. The van der Waals surface area contributed by atoms with Crippen LogP contribution in [0.15, 0.2) is 47.9 Å². The van der Waals surface area contributed by atoms with Crippen molar-refractivity contribution in [2.24, 2.45) is 5.14 Å². The number of sulfonamides is 1. The number of aliphatic carboxylic acids is 1. The molecule has 33 heavy (non-hydrogen) atoms. The number of nitrogens with one attached hydrogen (secondary N) is 3. The van der Waals surface area contributed by atoms with Crippen LogP contribution in [0.5, 0.6) is 0 Å². The van der Waals surface area contributed by atoms with Crippen LogP contribution in [0.1, 0.15) is 21.7 Å². The van der Waals surface area contributed by atoms with Crippen molar-refractivity contribution in [1.29, 1.82) is 0 Å². The summed E-state index contributed by atoms with van der Waals surface area (Å²) in [6.45, 7) is -0.280. The van der Waals surface area contributed by atoms with Crippen molar-refractivity contribution in [1.82, 2.24) is 35.6 Å². The van der Waals surface area contributed by atoms with Gasteiger partial charge in [0.05, 0.1) is 24.0 Å². The molecule has 0 saturated heterocycles. The minimum atomic E-state index is -3.86. The van der Waals surface area contributed by atoms with Crippen LogP contribution < -0.4 is 15.8 Å². The van der Waals surface area contributed by atoms with E-state index in [1.54, 1.807) is 0 Å². The van der Waals surface area contributed by atoms with Gasteiger partial charge in [-0.2, -0.15) is 0 Å². The van der Waals surface area contributed by atoms with Crippen molar-refractivity contribution in [2.75, 3.05) is 0 Å². The van der Waals surface area contributed by atoms with Crippen molar-refractivity contribution in [2.45, 2.75) is 30.4 Å². The fourth-order valence-electron chi connectivity index (χ4n) is 2.77. The Balaban J connectivity index is 1.51. The highest BCUT2D eigenvalue weighted by atomic mass is 32.2. The van der Waals surface area contributed by atoms with Crippen LogP contribution in [0.3, 0.4) is 0 Å². The van der Waals surface area contributed by atoms with Crippen molar-refractivity contribution in [3.05, 3.63) is 59.9 Å². The van der Waals surface area contributed by atoms with Gasteiger partial charge in [-0.15, -0.1) is 5.10 Å². The normalized spacial score (nSPS) is 12.2. The zero-order chi connectivity index (χ0) is 24.0. The maximum Gasteiger partial charge on any atom is 0.326 e. The van der Waals surface area contributed by atoms with Gasteiger partial charge in [-0.25, -0.2) is 28.0 Å². The number of nitrogens with two attached hydrogens (primary N) is 1. The fraction of sp³-hybridized carbons (Fsp3) is 0.222. The first kappa shape index (κ1) is 23.6. The van der Waals surface area contributed by atoms with Crippen molar-refractivity contribution in [3.63, 3.8) is 0 Å². The summed E-state index contributed by atoms with van der Waals surface area (Å²) in [5, 5.41) is 26.9. The molecule has 0 bridgehead atoms. The largest absolute Gasteiger partial charge is 0.480 e. The zero-order valence-electron chi connectivity index (χ0n) is 17.0. The summed E-state index contributed by atoms with van der Waals surface area (Å²) in [6.07, 6.45) is 4.34. The van der Waals surface area contributed by atoms with Gasteiger partial charge in [0.25, 0.3) is 5.91 Å². The topological polar surface area (TPSA) is 215 Å². The average molecular weight is 476 g/mol. The third-order valence-corrected chi connectivity index (χ3v) is 5.31. The van der Waals surface area contributed by atoms with E-state index < -0.39 is 33.8 Å². The smallest absolute Gasteiger partial charge is 0.326 e. The molecule has 1 unspecified atom stereocenters. The Morgan fingerprint density at radius 2 is 1.94 bits per heavy atom. The Morgan fingerprint density at radius 1 is 1.21 bits per heavy atom. The number of carboxylic acids is 1. The first-order valence-corrected chi connectivity index (χ1v) is 11.0. The molecule has 14 nitrogen and oxygen atoms in total. The maximum atomic E-state index is 12.2. The average Bonchev–Trinajstić information content (AvgIpc) is 3.43. The maximum absolute atomic E-state index is 12.2. The Hall–Kier alpha value is -4.11. The Bertz CT molecular complexity index is 1240. The second kappa shape index (κ2) is 10.0. The van der Waals surface area contributed by atoms with Crippen LogP contribution in [0.25, 0.3) is 0 Å². The Kier molecular flexibility index (Phi) is 7.14. The summed E-state index contributed by atoms with van der Waals surface area (Å²) in [6, 6.07) is 3.92. The standard InChI is InChI=1S/C18H20N8O6S/c19-33(31,32)14-3-1-11(2-4-14)17(28)21-7-13-8-26(25-24-13)9-16(27)23-15(18(29)30)5-12-6-20-10-22-12/h1-4,6,8,10,15H,5,7,9H2,(H,20,22)(H,21,28)(H,23,27)(H,29,30)(H2,19,31,32). The van der Waals surface area contributed by atoms with E-state index in [2.05, 4.69) is 30.9 Å². The quantitative estimate of drug-likeness (QED) is 0.227. The fourth-order valence-corrected chi connectivity index (χ4v) is 3.28. The van der Waals surface area contributed by atoms with E-state index in [9.17, 15) is 27.9 Å². The number of hydrogen-bond donors (Lipinski definition) is 5. The molecule has 0 aliphatic heterocycles. The van der Waals surface area contributed by atoms with Gasteiger partial charge in [0.1, 0.15) is 18.3 Å². The van der Waals surface area contributed by atoms with Gasteiger partial charge >= 0.3 is 5.97 Å². The van der Waals surface area contributed by atoms with Crippen molar-refractivity contribution < 1.29 is 27.9 Å². The molecule has 174 valence electrons. The van der Waals surface area contributed by atoms with Crippen molar-refractivity contribution >= 4 is 27.8 Å². The van der Waals surface area contributed by atoms with Gasteiger partial charge in [0.2, 0.25) is 15.9 Å². The Labute approximate surface area is 187 Å². The lowest BCUT2D eigenvalue weighted by molar-refractivity contribution is -0.141. The monoisotopic (exact) mass is 476 g/mol. The SMILES string of the molecule is NS(=O)(=O)c1ccc(C(=O)NCc2cn(CC(=O)NC(Cc3cnc[nH]3)C(=O)O)nn2)cc1. The molecule has 0 radical (unpaired) electrons. The second-order valence-electron chi connectivity index (χ2n) is 6.90. The number of rotatable bonds is 10. The van der Waals surface area contributed by atoms with Crippen LogP contribution in [0.4, 0.5) is 0 Å².